The molecule has 2 N–H and O–H groups in total. The Kier molecular flexibility index (Phi) is 3.99. The summed E-state index contributed by atoms with van der Waals surface area (Å²) in [7, 11) is 0. The number of nitrogens with two attached hydrogens (primary N) is 1. The molecule has 0 atom stereocenters. The van der Waals surface area contributed by atoms with E-state index in [2.05, 4.69) is 27.1 Å². The van der Waals surface area contributed by atoms with Crippen LogP contribution in [-0.2, 0) is 0 Å². The van der Waals surface area contributed by atoms with Crippen LogP contribution >= 0.6 is 0 Å². The van der Waals surface area contributed by atoms with Crippen molar-refractivity contribution in [1.29, 1.82) is 0 Å². The van der Waals surface area contributed by atoms with Crippen LogP contribution in [0.3, 0.4) is 0 Å². The highest BCUT2D eigenvalue weighted by Gasteiger charge is 2.23. The molecule has 1 saturated carbocycles. The van der Waals surface area contributed by atoms with Gasteiger partial charge in [-0.15, -0.1) is 0 Å². The first-order valence-electron chi connectivity index (χ1n) is 7.51. The van der Waals surface area contributed by atoms with Crippen molar-refractivity contribution in [3.05, 3.63) is 29.8 Å². The Balaban J connectivity index is 1.97. The summed E-state index contributed by atoms with van der Waals surface area (Å²) < 4.78 is 5.50. The number of nitrogen functional groups attached to an aromatic ring is 1. The lowest BCUT2D eigenvalue weighted by Gasteiger charge is -2.27. The molecule has 110 valence electrons. The van der Waals surface area contributed by atoms with E-state index in [-0.39, 0.29) is 5.95 Å². The third-order valence-electron chi connectivity index (χ3n) is 3.81. The Labute approximate surface area is 124 Å². The zero-order valence-corrected chi connectivity index (χ0v) is 12.2. The number of anilines is 1. The van der Waals surface area contributed by atoms with E-state index in [1.807, 2.05) is 19.1 Å². The van der Waals surface area contributed by atoms with Crippen LogP contribution in [-0.4, -0.2) is 21.6 Å². The van der Waals surface area contributed by atoms with E-state index < -0.39 is 0 Å². The monoisotopic (exact) mass is 284 g/mol. The summed E-state index contributed by atoms with van der Waals surface area (Å²) >= 11 is 0. The van der Waals surface area contributed by atoms with Crippen LogP contribution in [0.5, 0.6) is 6.01 Å². The number of rotatable bonds is 5. The number of hydrogen-bond acceptors (Lipinski definition) is 5. The van der Waals surface area contributed by atoms with E-state index in [4.69, 9.17) is 10.5 Å². The molecule has 1 aliphatic rings. The molecule has 5 heteroatoms. The van der Waals surface area contributed by atoms with E-state index in [9.17, 15) is 0 Å². The first-order chi connectivity index (χ1) is 10.3. The second-order valence-electron chi connectivity index (χ2n) is 5.36. The second-order valence-corrected chi connectivity index (χ2v) is 5.36. The molecule has 1 aliphatic carbocycles. The van der Waals surface area contributed by atoms with Crippen LogP contribution in [0.1, 0.15) is 44.1 Å². The maximum absolute atomic E-state index is 5.80. The highest BCUT2D eigenvalue weighted by molar-refractivity contribution is 5.62. The maximum atomic E-state index is 5.80. The summed E-state index contributed by atoms with van der Waals surface area (Å²) in [4.78, 5) is 12.7. The lowest BCUT2D eigenvalue weighted by atomic mass is 9.78. The van der Waals surface area contributed by atoms with Crippen molar-refractivity contribution in [2.24, 2.45) is 0 Å². The lowest BCUT2D eigenvalue weighted by Crippen LogP contribution is -2.11. The predicted octanol–water partition coefficient (Wildman–Crippen LogP) is 3.18. The molecule has 0 bridgehead atoms. The Hall–Kier alpha value is -2.17. The number of benzene rings is 1. The lowest BCUT2D eigenvalue weighted by molar-refractivity contribution is 0.292. The van der Waals surface area contributed by atoms with Gasteiger partial charge in [0.05, 0.1) is 6.61 Å². The molecule has 21 heavy (non-hydrogen) atoms. The fraction of sp³-hybridized carbons (Fsp3) is 0.438. The molecule has 1 aromatic carbocycles. The van der Waals surface area contributed by atoms with Crippen molar-refractivity contribution in [3.63, 3.8) is 0 Å². The summed E-state index contributed by atoms with van der Waals surface area (Å²) in [6.45, 7) is 2.62. The SMILES string of the molecule is CCCOc1nc(N)nc(-c2ccccc2C2CCC2)n1. The fourth-order valence-electron chi connectivity index (χ4n) is 2.53. The Morgan fingerprint density at radius 1 is 1.19 bits per heavy atom. The van der Waals surface area contributed by atoms with Crippen LogP contribution in [0.4, 0.5) is 5.95 Å². The summed E-state index contributed by atoms with van der Waals surface area (Å²) in [5.74, 6) is 1.42. The third-order valence-corrected chi connectivity index (χ3v) is 3.81. The molecule has 0 radical (unpaired) electrons. The van der Waals surface area contributed by atoms with Crippen LogP contribution in [0.2, 0.25) is 0 Å². The zero-order valence-electron chi connectivity index (χ0n) is 12.2. The van der Waals surface area contributed by atoms with Gasteiger partial charge in [0.2, 0.25) is 5.95 Å². The van der Waals surface area contributed by atoms with Crippen molar-refractivity contribution in [2.45, 2.75) is 38.5 Å². The van der Waals surface area contributed by atoms with Gasteiger partial charge in [-0.05, 0) is 30.7 Å². The second kappa shape index (κ2) is 6.08. The first-order valence-corrected chi connectivity index (χ1v) is 7.51. The Morgan fingerprint density at radius 2 is 2.00 bits per heavy atom. The Morgan fingerprint density at radius 3 is 2.71 bits per heavy atom. The summed E-state index contributed by atoms with van der Waals surface area (Å²) in [6.07, 6.45) is 4.66. The number of hydrogen-bond donors (Lipinski definition) is 1. The molecule has 0 saturated heterocycles. The number of aromatic nitrogens is 3. The molecular formula is C16H20N4O. The standard InChI is InChI=1S/C16H20N4O/c1-2-10-21-16-19-14(18-15(17)20-16)13-9-4-3-8-12(13)11-6-5-7-11/h3-4,8-9,11H,2,5-7,10H2,1H3,(H2,17,18,19,20). The van der Waals surface area contributed by atoms with Gasteiger partial charge in [-0.2, -0.15) is 15.0 Å². The van der Waals surface area contributed by atoms with Crippen LogP contribution in [0, 0.1) is 0 Å². The zero-order chi connectivity index (χ0) is 14.7. The van der Waals surface area contributed by atoms with Gasteiger partial charge >= 0.3 is 6.01 Å². The van der Waals surface area contributed by atoms with Gasteiger partial charge in [0.15, 0.2) is 5.82 Å². The summed E-state index contributed by atoms with van der Waals surface area (Å²) in [5.41, 5.74) is 8.14. The largest absolute Gasteiger partial charge is 0.463 e. The van der Waals surface area contributed by atoms with E-state index in [0.29, 0.717) is 24.4 Å². The van der Waals surface area contributed by atoms with Crippen molar-refractivity contribution in [2.75, 3.05) is 12.3 Å². The maximum Gasteiger partial charge on any atom is 0.321 e. The van der Waals surface area contributed by atoms with Crippen molar-refractivity contribution < 1.29 is 4.74 Å². The molecule has 3 rings (SSSR count). The predicted molar refractivity (Wildman–Crippen MR) is 82.1 cm³/mol. The van der Waals surface area contributed by atoms with Gasteiger partial charge in [0, 0.05) is 5.56 Å². The van der Waals surface area contributed by atoms with Crippen molar-refractivity contribution in [1.82, 2.24) is 15.0 Å². The fourth-order valence-corrected chi connectivity index (χ4v) is 2.53. The molecule has 5 nitrogen and oxygen atoms in total. The van der Waals surface area contributed by atoms with Crippen LogP contribution < -0.4 is 10.5 Å². The molecule has 0 spiro atoms. The molecule has 0 unspecified atom stereocenters. The van der Waals surface area contributed by atoms with E-state index in [0.717, 1.165) is 12.0 Å². The molecule has 2 aromatic rings. The summed E-state index contributed by atoms with van der Waals surface area (Å²) in [5, 5.41) is 0. The van der Waals surface area contributed by atoms with Gasteiger partial charge < -0.3 is 10.5 Å². The topological polar surface area (TPSA) is 73.9 Å². The molecule has 1 aromatic heterocycles. The average molecular weight is 284 g/mol. The van der Waals surface area contributed by atoms with E-state index >= 15 is 0 Å². The average Bonchev–Trinajstić information content (AvgIpc) is 2.43. The normalized spacial score (nSPS) is 14.7. The smallest absolute Gasteiger partial charge is 0.321 e. The molecule has 0 aliphatic heterocycles. The highest BCUT2D eigenvalue weighted by Crippen LogP contribution is 2.40. The van der Waals surface area contributed by atoms with E-state index in [1.165, 1.54) is 24.8 Å². The van der Waals surface area contributed by atoms with E-state index in [1.54, 1.807) is 0 Å². The quantitative estimate of drug-likeness (QED) is 0.912. The molecule has 1 heterocycles. The minimum absolute atomic E-state index is 0.203. The molecule has 1 fully saturated rings. The number of ether oxygens (including phenoxy) is 1. The number of nitrogens with zero attached hydrogens (tertiary/aromatic N) is 3. The summed E-state index contributed by atoms with van der Waals surface area (Å²) in [6, 6.07) is 8.58. The minimum Gasteiger partial charge on any atom is -0.463 e. The first kappa shape index (κ1) is 13.8. The third kappa shape index (κ3) is 2.96. The Bertz CT molecular complexity index is 625. The molecule has 0 amide bonds. The molecular weight excluding hydrogens is 264 g/mol. The van der Waals surface area contributed by atoms with Crippen LogP contribution in [0.15, 0.2) is 24.3 Å². The highest BCUT2D eigenvalue weighted by atomic mass is 16.5. The van der Waals surface area contributed by atoms with Crippen LogP contribution in [0.25, 0.3) is 11.4 Å². The van der Waals surface area contributed by atoms with Gasteiger partial charge in [-0.3, -0.25) is 0 Å². The van der Waals surface area contributed by atoms with Gasteiger partial charge in [-0.1, -0.05) is 37.6 Å². The minimum atomic E-state index is 0.203. The van der Waals surface area contributed by atoms with Gasteiger partial charge in [0.25, 0.3) is 0 Å². The van der Waals surface area contributed by atoms with Crippen molar-refractivity contribution in [3.8, 4) is 17.4 Å². The van der Waals surface area contributed by atoms with Gasteiger partial charge in [-0.25, -0.2) is 0 Å². The van der Waals surface area contributed by atoms with Crippen molar-refractivity contribution >= 4 is 5.95 Å². The van der Waals surface area contributed by atoms with Gasteiger partial charge in [0.1, 0.15) is 0 Å².